The van der Waals surface area contributed by atoms with E-state index in [9.17, 15) is 9.90 Å². The largest absolute Gasteiger partial charge is 0.389 e. The lowest BCUT2D eigenvalue weighted by molar-refractivity contribution is -0.176. The van der Waals surface area contributed by atoms with E-state index in [4.69, 9.17) is 10.7 Å². The summed E-state index contributed by atoms with van der Waals surface area (Å²) in [6, 6.07) is 0.186. The highest BCUT2D eigenvalue weighted by Gasteiger charge is 2.80. The predicted molar refractivity (Wildman–Crippen MR) is 87.1 cm³/mol. The van der Waals surface area contributed by atoms with Gasteiger partial charge in [0.25, 0.3) is 0 Å². The summed E-state index contributed by atoms with van der Waals surface area (Å²) in [5.41, 5.74) is 5.82. The van der Waals surface area contributed by atoms with Crippen molar-refractivity contribution < 1.29 is 9.90 Å². The summed E-state index contributed by atoms with van der Waals surface area (Å²) in [5.74, 6) is 2.98. The Labute approximate surface area is 141 Å². The quantitative estimate of drug-likeness (QED) is 0.755. The molecule has 2 aliphatic heterocycles. The monoisotopic (exact) mass is 327 g/mol. The van der Waals surface area contributed by atoms with Crippen molar-refractivity contribution in [1.29, 1.82) is 0 Å². The summed E-state index contributed by atoms with van der Waals surface area (Å²) >= 11 is 0. The number of carbonyl (C=O) groups excluding carboxylic acids is 1. The Balaban J connectivity index is 1.34. The number of amides is 1. The number of rotatable bonds is 1. The van der Waals surface area contributed by atoms with Gasteiger partial charge in [0.1, 0.15) is 11.9 Å². The fourth-order valence-electron chi connectivity index (χ4n) is 8.67. The molecule has 0 aromatic carbocycles. The zero-order valence-corrected chi connectivity index (χ0v) is 13.9. The molecule has 5 saturated carbocycles. The molecular weight excluding hydrogens is 302 g/mol. The lowest BCUT2D eigenvalue weighted by Crippen LogP contribution is -2.58. The average Bonchev–Trinajstić information content (AvgIpc) is 3.08. The lowest BCUT2D eigenvalue weighted by Gasteiger charge is -2.55. The first-order valence-electron chi connectivity index (χ1n) is 9.83. The van der Waals surface area contributed by atoms with Gasteiger partial charge in [-0.25, -0.2) is 0 Å². The SMILES string of the molecule is NC1=NC(C23CC4CC5CC(O)(C2)C5(C4)C3)C(=O)N2C1CC1CC12. The van der Waals surface area contributed by atoms with Crippen LogP contribution in [0.3, 0.4) is 0 Å². The molecule has 2 heterocycles. The van der Waals surface area contributed by atoms with Crippen molar-refractivity contribution in [2.45, 2.75) is 75.1 Å². The molecule has 0 aromatic rings. The van der Waals surface area contributed by atoms with Crippen LogP contribution in [0.1, 0.15) is 51.4 Å². The second-order valence-corrected chi connectivity index (χ2v) is 10.3. The third-order valence-corrected chi connectivity index (χ3v) is 9.36. The Kier molecular flexibility index (Phi) is 1.87. The van der Waals surface area contributed by atoms with Crippen LogP contribution in [-0.4, -0.2) is 45.5 Å². The Morgan fingerprint density at radius 1 is 1.17 bits per heavy atom. The van der Waals surface area contributed by atoms with Crippen molar-refractivity contribution in [3.8, 4) is 0 Å². The van der Waals surface area contributed by atoms with Crippen LogP contribution >= 0.6 is 0 Å². The molecule has 1 amide bonds. The molecule has 3 N–H and O–H groups in total. The van der Waals surface area contributed by atoms with Gasteiger partial charge in [-0.15, -0.1) is 0 Å². The van der Waals surface area contributed by atoms with E-state index < -0.39 is 5.60 Å². The first-order valence-corrected chi connectivity index (χ1v) is 9.83. The summed E-state index contributed by atoms with van der Waals surface area (Å²) in [6.45, 7) is 0. The highest BCUT2D eigenvalue weighted by molar-refractivity contribution is 5.99. The maximum Gasteiger partial charge on any atom is 0.248 e. The van der Waals surface area contributed by atoms with E-state index in [1.165, 1.54) is 12.8 Å². The molecule has 9 unspecified atom stereocenters. The Bertz CT molecular complexity index is 736. The molecule has 5 nitrogen and oxygen atoms in total. The maximum atomic E-state index is 13.4. The van der Waals surface area contributed by atoms with Gasteiger partial charge in [-0.05, 0) is 69.1 Å². The van der Waals surface area contributed by atoms with Gasteiger partial charge in [0.15, 0.2) is 0 Å². The molecule has 24 heavy (non-hydrogen) atoms. The average molecular weight is 327 g/mol. The van der Waals surface area contributed by atoms with Crippen LogP contribution in [0.2, 0.25) is 0 Å². The molecule has 3 bridgehead atoms. The molecule has 0 radical (unpaired) electrons. The third-order valence-electron chi connectivity index (χ3n) is 9.36. The van der Waals surface area contributed by atoms with Crippen LogP contribution < -0.4 is 5.73 Å². The molecule has 9 atom stereocenters. The van der Waals surface area contributed by atoms with Gasteiger partial charge in [-0.2, -0.15) is 0 Å². The smallest absolute Gasteiger partial charge is 0.248 e. The number of piperidine rings is 1. The van der Waals surface area contributed by atoms with Gasteiger partial charge in [0.2, 0.25) is 5.91 Å². The molecule has 1 spiro atoms. The van der Waals surface area contributed by atoms with Gasteiger partial charge >= 0.3 is 0 Å². The van der Waals surface area contributed by atoms with Gasteiger partial charge in [0.05, 0.1) is 11.6 Å². The molecule has 128 valence electrons. The number of fused-ring (bicyclic) bond motifs is 5. The Morgan fingerprint density at radius 3 is 2.92 bits per heavy atom. The van der Waals surface area contributed by atoms with E-state index >= 15 is 0 Å². The highest BCUT2D eigenvalue weighted by atomic mass is 16.3. The number of hydrogen-bond donors (Lipinski definition) is 2. The van der Waals surface area contributed by atoms with Crippen LogP contribution in [0.5, 0.6) is 0 Å². The third kappa shape index (κ3) is 1.15. The van der Waals surface area contributed by atoms with E-state index in [2.05, 4.69) is 4.90 Å². The van der Waals surface area contributed by atoms with Gasteiger partial charge < -0.3 is 15.7 Å². The molecule has 1 saturated heterocycles. The van der Waals surface area contributed by atoms with Crippen LogP contribution in [0.25, 0.3) is 0 Å². The minimum absolute atomic E-state index is 0.0707. The number of carbonyl (C=O) groups is 1. The first-order chi connectivity index (χ1) is 11.4. The summed E-state index contributed by atoms with van der Waals surface area (Å²) in [7, 11) is 0. The van der Waals surface area contributed by atoms with Crippen LogP contribution in [-0.2, 0) is 4.79 Å². The predicted octanol–water partition coefficient (Wildman–Crippen LogP) is 1.05. The zero-order chi connectivity index (χ0) is 16.1. The zero-order valence-electron chi connectivity index (χ0n) is 13.9. The summed E-state index contributed by atoms with van der Waals surface area (Å²) in [6.07, 6.45) is 8.46. The number of hydrogen-bond acceptors (Lipinski definition) is 4. The van der Waals surface area contributed by atoms with Crippen LogP contribution in [0.15, 0.2) is 4.99 Å². The first kappa shape index (κ1) is 13.2. The number of amidine groups is 1. The maximum absolute atomic E-state index is 13.4. The lowest BCUT2D eigenvalue weighted by atomic mass is 9.52. The van der Waals surface area contributed by atoms with E-state index in [1.54, 1.807) is 0 Å². The fraction of sp³-hybridized carbons (Fsp3) is 0.895. The summed E-state index contributed by atoms with van der Waals surface area (Å²) in [4.78, 5) is 20.3. The second kappa shape index (κ2) is 3.42. The molecule has 5 aliphatic carbocycles. The number of nitrogens with two attached hydrogens (primary N) is 1. The molecule has 7 aliphatic rings. The summed E-state index contributed by atoms with van der Waals surface area (Å²) < 4.78 is 0. The van der Waals surface area contributed by atoms with Crippen molar-refractivity contribution >= 4 is 11.7 Å². The van der Waals surface area contributed by atoms with Crippen LogP contribution in [0.4, 0.5) is 0 Å². The number of nitrogens with zero attached hydrogens (tertiary/aromatic N) is 2. The molecule has 7 rings (SSSR count). The Hall–Kier alpha value is -1.10. The minimum atomic E-state index is -0.516. The van der Waals surface area contributed by atoms with Crippen molar-refractivity contribution in [3.05, 3.63) is 0 Å². The minimum Gasteiger partial charge on any atom is -0.389 e. The number of aliphatic imine (C=N–C) groups is 1. The molecule has 6 fully saturated rings. The second-order valence-electron chi connectivity index (χ2n) is 10.3. The standard InChI is InChI=1S/C19H25N3O2/c20-15-13-3-10-2-12(10)22(13)16(23)14(21-15)17-4-9-1-11-6-19(24,8-17)18(11,5-9)7-17/h9-14,24H,1-8H2,(H2,20,21). The van der Waals surface area contributed by atoms with Crippen molar-refractivity contribution in [3.63, 3.8) is 0 Å². The Morgan fingerprint density at radius 2 is 2.04 bits per heavy atom. The van der Waals surface area contributed by atoms with E-state index in [0.717, 1.165) is 38.5 Å². The topological polar surface area (TPSA) is 78.9 Å². The van der Waals surface area contributed by atoms with Crippen molar-refractivity contribution in [2.24, 2.45) is 39.3 Å². The number of aliphatic hydroxyl groups is 1. The fourth-order valence-corrected chi connectivity index (χ4v) is 8.67. The molecular formula is C19H25N3O2. The van der Waals surface area contributed by atoms with Gasteiger partial charge in [-0.1, -0.05) is 0 Å². The van der Waals surface area contributed by atoms with E-state index in [0.29, 0.717) is 29.6 Å². The van der Waals surface area contributed by atoms with Crippen molar-refractivity contribution in [2.75, 3.05) is 0 Å². The summed E-state index contributed by atoms with van der Waals surface area (Å²) in [5, 5.41) is 11.3. The molecule has 0 aromatic heterocycles. The van der Waals surface area contributed by atoms with Crippen LogP contribution in [0, 0.1) is 28.6 Å². The molecule has 5 heteroatoms. The normalized spacial score (nSPS) is 64.5. The van der Waals surface area contributed by atoms with Gasteiger partial charge in [0, 0.05) is 16.9 Å². The van der Waals surface area contributed by atoms with Gasteiger partial charge in [-0.3, -0.25) is 9.79 Å². The van der Waals surface area contributed by atoms with Crippen molar-refractivity contribution in [1.82, 2.24) is 4.90 Å². The van der Waals surface area contributed by atoms with E-state index in [-0.39, 0.29) is 28.8 Å². The highest BCUT2D eigenvalue weighted by Crippen LogP contribution is 2.81. The van der Waals surface area contributed by atoms with E-state index in [1.807, 2.05) is 0 Å².